The van der Waals surface area contributed by atoms with Crippen molar-refractivity contribution in [1.82, 2.24) is 0 Å². The first kappa shape index (κ1) is 27.6. The summed E-state index contributed by atoms with van der Waals surface area (Å²) in [5.41, 5.74) is 2.17. The Morgan fingerprint density at radius 2 is 0.939 bits per heavy atom. The highest BCUT2D eigenvalue weighted by atomic mass is 28.4. The van der Waals surface area contributed by atoms with Crippen molar-refractivity contribution in [2.75, 3.05) is 26.4 Å². The molecule has 0 fully saturated rings. The van der Waals surface area contributed by atoms with E-state index in [9.17, 15) is 0 Å². The fourth-order valence-corrected chi connectivity index (χ4v) is 6.96. The van der Waals surface area contributed by atoms with E-state index >= 15 is 0 Å². The molecule has 0 radical (unpaired) electrons. The summed E-state index contributed by atoms with van der Waals surface area (Å²) in [5, 5.41) is 0. The quantitative estimate of drug-likeness (QED) is 0.299. The van der Waals surface area contributed by atoms with E-state index in [1.165, 1.54) is 11.1 Å². The van der Waals surface area contributed by atoms with Crippen molar-refractivity contribution in [3.05, 3.63) is 59.7 Å². The zero-order valence-corrected chi connectivity index (χ0v) is 23.4. The Bertz CT molecular complexity index is 820. The van der Waals surface area contributed by atoms with E-state index in [0.29, 0.717) is 32.2 Å². The molecule has 2 aromatic rings. The molecule has 2 aromatic carbocycles. The molecule has 0 spiro atoms. The van der Waals surface area contributed by atoms with Gasteiger partial charge in [0.15, 0.2) is 0 Å². The van der Waals surface area contributed by atoms with Gasteiger partial charge in [-0.1, -0.05) is 38.1 Å². The molecule has 0 N–H and O–H groups in total. The minimum Gasteiger partial charge on any atom is -0.520 e. The first-order valence-corrected chi connectivity index (χ1v) is 16.2. The Kier molecular flexibility index (Phi) is 10.1. The monoisotopic (exact) mass is 492 g/mol. The SMILES string of the molecule is CCO[Si](C)(C)Oc1ccc(C(C)(C)c2ccc(O[Si](OCC)(OCC)OCC)cc2)cc1. The zero-order valence-electron chi connectivity index (χ0n) is 21.4. The Morgan fingerprint density at radius 1 is 0.576 bits per heavy atom. The third-order valence-electron chi connectivity index (χ3n) is 5.21. The van der Waals surface area contributed by atoms with Crippen LogP contribution in [0.2, 0.25) is 13.1 Å². The zero-order chi connectivity index (χ0) is 24.5. The first-order valence-electron chi connectivity index (χ1n) is 11.8. The smallest absolute Gasteiger partial charge is 0.520 e. The molecule has 0 atom stereocenters. The second kappa shape index (κ2) is 12.1. The van der Waals surface area contributed by atoms with Crippen LogP contribution in [0, 0.1) is 0 Å². The molecule has 33 heavy (non-hydrogen) atoms. The largest absolute Gasteiger partial charge is 0.749 e. The summed E-state index contributed by atoms with van der Waals surface area (Å²) < 4.78 is 35.4. The second-order valence-electron chi connectivity index (χ2n) is 8.51. The standard InChI is InChI=1S/C25H40O6Si2/c1-9-26-32(7,8)30-23-17-13-21(14-18-23)25(5,6)22-15-19-24(20-16-22)31-33(27-10-2,28-11-3)29-12-4/h13-20H,9-12H2,1-8H3. The maximum atomic E-state index is 6.13. The highest BCUT2D eigenvalue weighted by Crippen LogP contribution is 2.34. The van der Waals surface area contributed by atoms with E-state index in [2.05, 4.69) is 51.2 Å². The van der Waals surface area contributed by atoms with Crippen molar-refractivity contribution in [2.45, 2.75) is 60.1 Å². The van der Waals surface area contributed by atoms with Gasteiger partial charge >= 0.3 is 17.6 Å². The van der Waals surface area contributed by atoms with Crippen molar-refractivity contribution in [3.63, 3.8) is 0 Å². The van der Waals surface area contributed by atoms with Gasteiger partial charge in [-0.15, -0.1) is 0 Å². The normalized spacial score (nSPS) is 12.6. The topological polar surface area (TPSA) is 55.4 Å². The van der Waals surface area contributed by atoms with Gasteiger partial charge in [0, 0.05) is 31.8 Å². The lowest BCUT2D eigenvalue weighted by atomic mass is 9.78. The molecule has 0 heterocycles. The predicted molar refractivity (Wildman–Crippen MR) is 136 cm³/mol. The molecule has 0 aliphatic carbocycles. The number of hydrogen-bond donors (Lipinski definition) is 0. The summed E-state index contributed by atoms with van der Waals surface area (Å²) in [7, 11) is -5.37. The van der Waals surface area contributed by atoms with E-state index in [-0.39, 0.29) is 5.41 Å². The average molecular weight is 493 g/mol. The summed E-state index contributed by atoms with van der Waals surface area (Å²) >= 11 is 0. The summed E-state index contributed by atoms with van der Waals surface area (Å²) in [4.78, 5) is 0. The van der Waals surface area contributed by atoms with Crippen LogP contribution in [0.5, 0.6) is 11.5 Å². The Labute approximate surface area is 201 Å². The van der Waals surface area contributed by atoms with E-state index in [1.54, 1.807) is 0 Å². The van der Waals surface area contributed by atoms with Crippen LogP contribution in [-0.4, -0.2) is 44.0 Å². The van der Waals surface area contributed by atoms with E-state index in [0.717, 1.165) is 5.75 Å². The van der Waals surface area contributed by atoms with Gasteiger partial charge in [-0.2, -0.15) is 0 Å². The van der Waals surface area contributed by atoms with Crippen molar-refractivity contribution >= 4 is 17.6 Å². The lowest BCUT2D eigenvalue weighted by Gasteiger charge is -2.29. The van der Waals surface area contributed by atoms with Gasteiger partial charge in [-0.05, 0) is 76.2 Å². The molecule has 0 aliphatic rings. The van der Waals surface area contributed by atoms with Crippen LogP contribution in [0.25, 0.3) is 0 Å². The lowest BCUT2D eigenvalue weighted by Crippen LogP contribution is -2.52. The summed E-state index contributed by atoms with van der Waals surface area (Å²) in [6.07, 6.45) is 0. The third-order valence-corrected chi connectivity index (χ3v) is 9.34. The maximum Gasteiger partial charge on any atom is 0.749 e. The number of benzene rings is 2. The molecular weight excluding hydrogens is 452 g/mol. The van der Waals surface area contributed by atoms with Crippen molar-refractivity contribution in [2.24, 2.45) is 0 Å². The van der Waals surface area contributed by atoms with Crippen LogP contribution in [-0.2, 0) is 23.1 Å². The Balaban J connectivity index is 2.18. The molecule has 2 rings (SSSR count). The predicted octanol–water partition coefficient (Wildman–Crippen LogP) is 6.05. The van der Waals surface area contributed by atoms with E-state index in [4.69, 9.17) is 26.6 Å². The fourth-order valence-electron chi connectivity index (χ4n) is 3.59. The Morgan fingerprint density at radius 3 is 1.30 bits per heavy atom. The van der Waals surface area contributed by atoms with Gasteiger partial charge in [-0.3, -0.25) is 0 Å². The van der Waals surface area contributed by atoms with Gasteiger partial charge < -0.3 is 26.6 Å². The van der Waals surface area contributed by atoms with Crippen molar-refractivity contribution in [3.8, 4) is 11.5 Å². The molecule has 0 saturated heterocycles. The molecule has 0 bridgehead atoms. The second-order valence-corrected chi connectivity index (χ2v) is 13.9. The first-order chi connectivity index (χ1) is 15.6. The molecule has 0 aliphatic heterocycles. The number of hydrogen-bond acceptors (Lipinski definition) is 6. The minimum atomic E-state index is -3.22. The maximum absolute atomic E-state index is 6.13. The summed E-state index contributed by atoms with van der Waals surface area (Å²) in [6, 6.07) is 16.3. The Hall–Kier alpha value is -1.69. The van der Waals surface area contributed by atoms with Crippen molar-refractivity contribution < 1.29 is 26.6 Å². The van der Waals surface area contributed by atoms with Crippen LogP contribution in [0.1, 0.15) is 52.7 Å². The minimum absolute atomic E-state index is 0.196. The molecule has 8 heteroatoms. The van der Waals surface area contributed by atoms with Crippen LogP contribution < -0.4 is 8.85 Å². The van der Waals surface area contributed by atoms with Gasteiger partial charge in [0.1, 0.15) is 11.5 Å². The van der Waals surface area contributed by atoms with E-state index < -0.39 is 17.6 Å². The van der Waals surface area contributed by atoms with Crippen LogP contribution >= 0.6 is 0 Å². The highest BCUT2D eigenvalue weighted by molar-refractivity contribution is 6.65. The molecule has 184 valence electrons. The summed E-state index contributed by atoms with van der Waals surface area (Å²) in [6.45, 7) is 18.3. The molecular formula is C25H40O6Si2. The van der Waals surface area contributed by atoms with Crippen molar-refractivity contribution in [1.29, 1.82) is 0 Å². The number of rotatable bonds is 14. The fraction of sp³-hybridized carbons (Fsp3) is 0.520. The molecule has 0 aromatic heterocycles. The van der Waals surface area contributed by atoms with Crippen LogP contribution in [0.3, 0.4) is 0 Å². The highest BCUT2D eigenvalue weighted by Gasteiger charge is 2.47. The van der Waals surface area contributed by atoms with Gasteiger partial charge in [0.2, 0.25) is 0 Å². The van der Waals surface area contributed by atoms with Gasteiger partial charge in [0.25, 0.3) is 0 Å². The van der Waals surface area contributed by atoms with Crippen LogP contribution in [0.15, 0.2) is 48.5 Å². The average Bonchev–Trinajstić information content (AvgIpc) is 2.75. The van der Waals surface area contributed by atoms with E-state index in [1.807, 2.05) is 52.0 Å². The van der Waals surface area contributed by atoms with Gasteiger partial charge in [-0.25, -0.2) is 0 Å². The van der Waals surface area contributed by atoms with Crippen LogP contribution in [0.4, 0.5) is 0 Å². The lowest BCUT2D eigenvalue weighted by molar-refractivity contribution is 0.00969. The summed E-state index contributed by atoms with van der Waals surface area (Å²) in [5.74, 6) is 1.51. The molecule has 0 amide bonds. The third kappa shape index (κ3) is 7.66. The van der Waals surface area contributed by atoms with Gasteiger partial charge in [0.05, 0.1) is 0 Å². The molecule has 0 unspecified atom stereocenters. The molecule has 6 nitrogen and oxygen atoms in total. The molecule has 0 saturated carbocycles.